The monoisotopic (exact) mass is 254 g/mol. The Morgan fingerprint density at radius 2 is 1.22 bits per heavy atom. The molecule has 102 valence electrons. The molecule has 6 nitrogen and oxygen atoms in total. The van der Waals surface area contributed by atoms with Crippen molar-refractivity contribution in [3.05, 3.63) is 0 Å². The molecule has 0 heterocycles. The van der Waals surface area contributed by atoms with Gasteiger partial charge in [0.1, 0.15) is 0 Å². The van der Waals surface area contributed by atoms with Crippen molar-refractivity contribution in [3.8, 4) is 0 Å². The van der Waals surface area contributed by atoms with Crippen LogP contribution in [0.1, 0.15) is 40.5 Å². The van der Waals surface area contributed by atoms with Gasteiger partial charge in [-0.3, -0.25) is 9.59 Å². The van der Waals surface area contributed by atoms with E-state index in [1.54, 1.807) is 12.4 Å². The van der Waals surface area contributed by atoms with Gasteiger partial charge in [0.2, 0.25) is 11.8 Å². The molecule has 0 aromatic rings. The van der Waals surface area contributed by atoms with Crippen LogP contribution in [0.25, 0.3) is 0 Å². The van der Waals surface area contributed by atoms with Crippen molar-refractivity contribution in [2.24, 2.45) is 22.0 Å². The van der Waals surface area contributed by atoms with Gasteiger partial charge in [0.15, 0.2) is 0 Å². The standard InChI is InChI=1S/C12H22N4O2/c1-9(2)7-13-15-11(17)5-6-12(18)16-14-8-10(3)4/h7-10H,5-6H2,1-4H3,(H,15,17)(H,16,18)/b13-7-,14-8-. The second kappa shape index (κ2) is 9.32. The van der Waals surface area contributed by atoms with Crippen LogP contribution in [0.3, 0.4) is 0 Å². The van der Waals surface area contributed by atoms with E-state index in [0.717, 1.165) is 0 Å². The third kappa shape index (κ3) is 10.8. The molecular weight excluding hydrogens is 232 g/mol. The SMILES string of the molecule is CC(C)/C=N\NC(=O)CCC(=O)N/N=C\C(C)C. The summed E-state index contributed by atoms with van der Waals surface area (Å²) in [5.41, 5.74) is 4.71. The fraction of sp³-hybridized carbons (Fsp3) is 0.667. The van der Waals surface area contributed by atoms with E-state index in [0.29, 0.717) is 0 Å². The van der Waals surface area contributed by atoms with Gasteiger partial charge < -0.3 is 0 Å². The Hall–Kier alpha value is -1.72. The number of amides is 2. The normalized spacial score (nSPS) is 11.7. The lowest BCUT2D eigenvalue weighted by Crippen LogP contribution is -2.23. The first-order valence-corrected chi connectivity index (χ1v) is 6.06. The number of hydrogen-bond acceptors (Lipinski definition) is 4. The van der Waals surface area contributed by atoms with Gasteiger partial charge in [-0.1, -0.05) is 27.7 Å². The van der Waals surface area contributed by atoms with Gasteiger partial charge in [0.25, 0.3) is 0 Å². The number of carbonyl (C=O) groups is 2. The molecule has 2 N–H and O–H groups in total. The predicted molar refractivity (Wildman–Crippen MR) is 72.2 cm³/mol. The highest BCUT2D eigenvalue weighted by Crippen LogP contribution is 1.90. The number of nitrogens with zero attached hydrogens (tertiary/aromatic N) is 2. The summed E-state index contributed by atoms with van der Waals surface area (Å²) in [6, 6.07) is 0. The highest BCUT2D eigenvalue weighted by atomic mass is 16.2. The lowest BCUT2D eigenvalue weighted by atomic mass is 10.2. The zero-order valence-electron chi connectivity index (χ0n) is 11.4. The number of carbonyl (C=O) groups excluding carboxylic acids is 2. The number of hydrogen-bond donors (Lipinski definition) is 2. The molecule has 0 saturated carbocycles. The first kappa shape index (κ1) is 16.3. The third-order valence-electron chi connectivity index (χ3n) is 1.70. The fourth-order valence-electron chi connectivity index (χ4n) is 0.856. The van der Waals surface area contributed by atoms with E-state index < -0.39 is 0 Å². The molecule has 0 aliphatic rings. The molecule has 0 radical (unpaired) electrons. The van der Waals surface area contributed by atoms with Gasteiger partial charge in [-0.15, -0.1) is 0 Å². The van der Waals surface area contributed by atoms with Gasteiger partial charge in [-0.25, -0.2) is 10.9 Å². The summed E-state index contributed by atoms with van der Waals surface area (Å²) in [5.74, 6) is -0.0114. The van der Waals surface area contributed by atoms with Crippen molar-refractivity contribution in [2.75, 3.05) is 0 Å². The van der Waals surface area contributed by atoms with E-state index in [1.807, 2.05) is 27.7 Å². The van der Waals surface area contributed by atoms with E-state index in [-0.39, 0.29) is 36.5 Å². The molecule has 0 aromatic carbocycles. The van der Waals surface area contributed by atoms with Crippen molar-refractivity contribution < 1.29 is 9.59 Å². The molecule has 0 unspecified atom stereocenters. The van der Waals surface area contributed by atoms with Gasteiger partial charge in [0.05, 0.1) is 0 Å². The smallest absolute Gasteiger partial charge is 0.240 e. The van der Waals surface area contributed by atoms with E-state index in [4.69, 9.17) is 0 Å². The average molecular weight is 254 g/mol. The number of nitrogens with one attached hydrogen (secondary N) is 2. The van der Waals surface area contributed by atoms with Crippen LogP contribution in [0.2, 0.25) is 0 Å². The van der Waals surface area contributed by atoms with Crippen molar-refractivity contribution in [1.82, 2.24) is 10.9 Å². The molecule has 0 atom stereocenters. The summed E-state index contributed by atoms with van der Waals surface area (Å²) in [4.78, 5) is 22.5. The molecule has 0 bridgehead atoms. The van der Waals surface area contributed by atoms with Gasteiger partial charge >= 0.3 is 0 Å². The summed E-state index contributed by atoms with van der Waals surface area (Å²) in [6.45, 7) is 7.82. The molecule has 0 aromatic heterocycles. The topological polar surface area (TPSA) is 82.9 Å². The van der Waals surface area contributed by atoms with Crippen LogP contribution >= 0.6 is 0 Å². The molecule has 0 saturated heterocycles. The number of hydrazone groups is 2. The first-order valence-electron chi connectivity index (χ1n) is 6.06. The van der Waals surface area contributed by atoms with Crippen molar-refractivity contribution in [1.29, 1.82) is 0 Å². The molecule has 0 fully saturated rings. The Labute approximate surface area is 108 Å². The van der Waals surface area contributed by atoms with Crippen molar-refractivity contribution >= 4 is 24.2 Å². The Balaban J connectivity index is 3.75. The number of rotatable bonds is 7. The second-order valence-corrected chi connectivity index (χ2v) is 4.61. The van der Waals surface area contributed by atoms with Crippen molar-refractivity contribution in [3.63, 3.8) is 0 Å². The molecule has 6 heteroatoms. The lowest BCUT2D eigenvalue weighted by Gasteiger charge is -2.00. The molecule has 0 spiro atoms. The molecule has 18 heavy (non-hydrogen) atoms. The van der Waals surface area contributed by atoms with Crippen molar-refractivity contribution in [2.45, 2.75) is 40.5 Å². The van der Waals surface area contributed by atoms with Gasteiger partial charge in [-0.05, 0) is 11.8 Å². The molecule has 0 aliphatic carbocycles. The fourth-order valence-corrected chi connectivity index (χ4v) is 0.856. The summed E-state index contributed by atoms with van der Waals surface area (Å²) < 4.78 is 0. The average Bonchev–Trinajstić information content (AvgIpc) is 2.25. The highest BCUT2D eigenvalue weighted by molar-refractivity contribution is 5.84. The van der Waals surface area contributed by atoms with Crippen LogP contribution in [0, 0.1) is 11.8 Å². The van der Waals surface area contributed by atoms with Crippen LogP contribution in [0.4, 0.5) is 0 Å². The van der Waals surface area contributed by atoms with E-state index >= 15 is 0 Å². The van der Waals surface area contributed by atoms with E-state index in [2.05, 4.69) is 21.1 Å². The summed E-state index contributed by atoms with van der Waals surface area (Å²) in [5, 5.41) is 7.50. The molecule has 0 aliphatic heterocycles. The minimum atomic E-state index is -0.283. The molecule has 0 rings (SSSR count). The zero-order valence-corrected chi connectivity index (χ0v) is 11.4. The van der Waals surface area contributed by atoms with Gasteiger partial charge in [0, 0.05) is 25.3 Å². The maximum atomic E-state index is 11.3. The lowest BCUT2D eigenvalue weighted by molar-refractivity contribution is -0.126. The minimum Gasteiger partial charge on any atom is -0.273 e. The summed E-state index contributed by atoms with van der Waals surface area (Å²) >= 11 is 0. The quantitative estimate of drug-likeness (QED) is 0.530. The Kier molecular flexibility index (Phi) is 8.43. The van der Waals surface area contributed by atoms with Crippen LogP contribution in [-0.4, -0.2) is 24.2 Å². The minimum absolute atomic E-state index is 0.0957. The van der Waals surface area contributed by atoms with E-state index in [1.165, 1.54) is 0 Å². The summed E-state index contributed by atoms with van der Waals surface area (Å²) in [6.07, 6.45) is 3.45. The Morgan fingerprint density at radius 3 is 1.50 bits per heavy atom. The van der Waals surface area contributed by atoms with Crippen LogP contribution in [0.5, 0.6) is 0 Å². The van der Waals surface area contributed by atoms with E-state index in [9.17, 15) is 9.59 Å². The molecular formula is C12H22N4O2. The second-order valence-electron chi connectivity index (χ2n) is 4.61. The van der Waals surface area contributed by atoms with Crippen LogP contribution in [0.15, 0.2) is 10.2 Å². The highest BCUT2D eigenvalue weighted by Gasteiger charge is 2.05. The maximum Gasteiger partial charge on any atom is 0.240 e. The zero-order chi connectivity index (χ0) is 14.0. The predicted octanol–water partition coefficient (Wildman–Crippen LogP) is 1.28. The largest absolute Gasteiger partial charge is 0.273 e. The van der Waals surface area contributed by atoms with Crippen LogP contribution < -0.4 is 10.9 Å². The summed E-state index contributed by atoms with van der Waals surface area (Å²) in [7, 11) is 0. The third-order valence-corrected chi connectivity index (χ3v) is 1.70. The Morgan fingerprint density at radius 1 is 0.889 bits per heavy atom. The Bertz CT molecular complexity index is 290. The molecule has 2 amide bonds. The van der Waals surface area contributed by atoms with Gasteiger partial charge in [-0.2, -0.15) is 10.2 Å². The first-order chi connectivity index (χ1) is 8.41. The van der Waals surface area contributed by atoms with Crippen LogP contribution in [-0.2, 0) is 9.59 Å². The maximum absolute atomic E-state index is 11.3.